The minimum absolute atomic E-state index is 0.875. The van der Waals surface area contributed by atoms with Crippen molar-refractivity contribution >= 4 is 11.8 Å². The fraction of sp³-hybridized carbons (Fsp3) is 0.667. The fourth-order valence-corrected chi connectivity index (χ4v) is 1.40. The van der Waals surface area contributed by atoms with Gasteiger partial charge >= 0.3 is 0 Å². The van der Waals surface area contributed by atoms with Gasteiger partial charge in [0.25, 0.3) is 0 Å². The van der Waals surface area contributed by atoms with E-state index in [1.807, 2.05) is 17.9 Å². The molecule has 1 aromatic rings. The second kappa shape index (κ2) is 3.73. The zero-order valence-electron chi connectivity index (χ0n) is 6.87. The van der Waals surface area contributed by atoms with Crippen LogP contribution in [-0.2, 0) is 13.5 Å². The lowest BCUT2D eigenvalue weighted by atomic mass is 10.4. The van der Waals surface area contributed by atoms with E-state index in [4.69, 9.17) is 0 Å². The van der Waals surface area contributed by atoms with Gasteiger partial charge in [-0.1, -0.05) is 11.8 Å². The van der Waals surface area contributed by atoms with Gasteiger partial charge in [-0.25, -0.2) is 0 Å². The molecule has 0 aromatic carbocycles. The van der Waals surface area contributed by atoms with Crippen LogP contribution in [0.4, 0.5) is 0 Å². The maximum atomic E-state index is 4.03. The molecule has 0 unspecified atom stereocenters. The minimum atomic E-state index is 0.875. The van der Waals surface area contributed by atoms with Crippen molar-refractivity contribution < 1.29 is 5.73 Å². The number of hydrogen-bond donors (Lipinski definition) is 1. The molecule has 62 valence electrons. The number of hydrogen-bond acceptors (Lipinski definition) is 3. The van der Waals surface area contributed by atoms with Gasteiger partial charge in [0.15, 0.2) is 5.16 Å². The van der Waals surface area contributed by atoms with Crippen LogP contribution in [0.3, 0.4) is 0 Å². The first kappa shape index (κ1) is 8.55. The van der Waals surface area contributed by atoms with Crippen LogP contribution in [0.5, 0.6) is 0 Å². The maximum Gasteiger partial charge on any atom is 0.190 e. The number of rotatable bonds is 3. The van der Waals surface area contributed by atoms with Crippen molar-refractivity contribution in [3.8, 4) is 0 Å². The molecule has 1 rings (SSSR count). The molecule has 0 fully saturated rings. The van der Waals surface area contributed by atoms with Gasteiger partial charge in [-0.15, -0.1) is 10.2 Å². The van der Waals surface area contributed by atoms with Gasteiger partial charge in [0.1, 0.15) is 5.82 Å². The molecule has 0 aliphatic carbocycles. The number of nitrogens with zero attached hydrogens (tertiary/aromatic N) is 3. The van der Waals surface area contributed by atoms with Crippen LogP contribution >= 0.6 is 11.8 Å². The lowest BCUT2D eigenvalue weighted by Gasteiger charge is -1.97. The summed E-state index contributed by atoms with van der Waals surface area (Å²) in [6.07, 6.45) is 2.90. The van der Waals surface area contributed by atoms with Crippen molar-refractivity contribution in [3.05, 3.63) is 5.82 Å². The third-order valence-corrected chi connectivity index (χ3v) is 2.23. The zero-order chi connectivity index (χ0) is 8.27. The molecule has 1 aromatic heterocycles. The highest BCUT2D eigenvalue weighted by Gasteiger charge is 2.05. The van der Waals surface area contributed by atoms with Crippen molar-refractivity contribution in [2.75, 3.05) is 12.8 Å². The molecule has 0 spiro atoms. The SMILES string of the molecule is CSc1nnc(CC[NH3+])n1C. The van der Waals surface area contributed by atoms with Crippen molar-refractivity contribution in [1.82, 2.24) is 14.8 Å². The Hall–Kier alpha value is -0.550. The average molecular weight is 173 g/mol. The molecule has 0 saturated carbocycles. The topological polar surface area (TPSA) is 58.4 Å². The Morgan fingerprint density at radius 1 is 1.55 bits per heavy atom. The first-order valence-corrected chi connectivity index (χ1v) is 4.73. The van der Waals surface area contributed by atoms with E-state index in [9.17, 15) is 0 Å². The Bertz CT molecular complexity index is 232. The summed E-state index contributed by atoms with van der Waals surface area (Å²) in [5, 5.41) is 9.00. The Morgan fingerprint density at radius 2 is 2.27 bits per heavy atom. The van der Waals surface area contributed by atoms with Gasteiger partial charge < -0.3 is 10.3 Å². The molecule has 0 bridgehead atoms. The van der Waals surface area contributed by atoms with E-state index in [0.717, 1.165) is 23.9 Å². The highest BCUT2D eigenvalue weighted by Crippen LogP contribution is 2.10. The fourth-order valence-electron chi connectivity index (χ4n) is 0.899. The predicted molar refractivity (Wildman–Crippen MR) is 44.2 cm³/mol. The first-order valence-electron chi connectivity index (χ1n) is 3.51. The summed E-state index contributed by atoms with van der Waals surface area (Å²) in [6.45, 7) is 0.875. The number of aromatic nitrogens is 3. The van der Waals surface area contributed by atoms with Crippen LogP contribution in [0.15, 0.2) is 5.16 Å². The first-order chi connectivity index (χ1) is 5.29. The van der Waals surface area contributed by atoms with Crippen molar-refractivity contribution in [2.24, 2.45) is 7.05 Å². The Balaban J connectivity index is 2.82. The second-order valence-corrected chi connectivity index (χ2v) is 3.04. The van der Waals surface area contributed by atoms with E-state index in [1.54, 1.807) is 11.8 Å². The van der Waals surface area contributed by atoms with Gasteiger partial charge in [-0.05, 0) is 6.26 Å². The van der Waals surface area contributed by atoms with E-state index in [1.165, 1.54) is 0 Å². The van der Waals surface area contributed by atoms with Crippen LogP contribution < -0.4 is 5.73 Å². The van der Waals surface area contributed by atoms with Crippen LogP contribution in [0.2, 0.25) is 0 Å². The summed E-state index contributed by atoms with van der Waals surface area (Å²) in [5.74, 6) is 1.02. The van der Waals surface area contributed by atoms with E-state index >= 15 is 0 Å². The van der Waals surface area contributed by atoms with Gasteiger partial charge in [0, 0.05) is 7.05 Å². The quantitative estimate of drug-likeness (QED) is 0.616. The van der Waals surface area contributed by atoms with Crippen LogP contribution in [0, 0.1) is 0 Å². The van der Waals surface area contributed by atoms with Gasteiger partial charge in [-0.2, -0.15) is 0 Å². The van der Waals surface area contributed by atoms with Gasteiger partial charge in [0.05, 0.1) is 13.0 Å². The Morgan fingerprint density at radius 3 is 2.73 bits per heavy atom. The van der Waals surface area contributed by atoms with Crippen molar-refractivity contribution in [2.45, 2.75) is 11.6 Å². The highest BCUT2D eigenvalue weighted by atomic mass is 32.2. The average Bonchev–Trinajstić information content (AvgIpc) is 2.34. The normalized spacial score (nSPS) is 10.5. The molecule has 4 nitrogen and oxygen atoms in total. The molecule has 11 heavy (non-hydrogen) atoms. The Kier molecular flexibility index (Phi) is 2.90. The third kappa shape index (κ3) is 1.72. The van der Waals surface area contributed by atoms with E-state index in [2.05, 4.69) is 15.9 Å². The standard InChI is InChI=1S/C6H12N4S/c1-10-5(3-4-7)8-9-6(10)11-2/h3-4,7H2,1-2H3/p+1. The maximum absolute atomic E-state index is 4.03. The van der Waals surface area contributed by atoms with Crippen molar-refractivity contribution in [1.29, 1.82) is 0 Å². The Labute approximate surface area is 70.2 Å². The van der Waals surface area contributed by atoms with Crippen LogP contribution in [0.25, 0.3) is 0 Å². The third-order valence-electron chi connectivity index (χ3n) is 1.51. The minimum Gasteiger partial charge on any atom is -0.357 e. The largest absolute Gasteiger partial charge is 0.357 e. The summed E-state index contributed by atoms with van der Waals surface area (Å²) in [6, 6.07) is 0. The molecule has 0 amide bonds. The molecule has 1 heterocycles. The molecule has 0 atom stereocenters. The highest BCUT2D eigenvalue weighted by molar-refractivity contribution is 7.98. The molecular formula is C6H13N4S+. The molecule has 5 heteroatoms. The molecular weight excluding hydrogens is 160 g/mol. The number of quaternary nitrogens is 1. The van der Waals surface area contributed by atoms with Crippen LogP contribution in [0.1, 0.15) is 5.82 Å². The molecule has 0 saturated heterocycles. The van der Waals surface area contributed by atoms with E-state index in [0.29, 0.717) is 0 Å². The van der Waals surface area contributed by atoms with Crippen molar-refractivity contribution in [3.63, 3.8) is 0 Å². The molecule has 0 aliphatic rings. The summed E-state index contributed by atoms with van der Waals surface area (Å²) >= 11 is 1.61. The second-order valence-electron chi connectivity index (χ2n) is 2.27. The summed E-state index contributed by atoms with van der Waals surface area (Å²) in [4.78, 5) is 0. The molecule has 0 aliphatic heterocycles. The summed E-state index contributed by atoms with van der Waals surface area (Å²) in [7, 11) is 1.98. The van der Waals surface area contributed by atoms with E-state index in [-0.39, 0.29) is 0 Å². The van der Waals surface area contributed by atoms with E-state index < -0.39 is 0 Å². The molecule has 0 radical (unpaired) electrons. The summed E-state index contributed by atoms with van der Waals surface area (Å²) < 4.78 is 2.01. The monoisotopic (exact) mass is 173 g/mol. The van der Waals surface area contributed by atoms with Gasteiger partial charge in [-0.3, -0.25) is 0 Å². The summed E-state index contributed by atoms with van der Waals surface area (Å²) in [5.41, 5.74) is 3.77. The van der Waals surface area contributed by atoms with Crippen LogP contribution in [-0.4, -0.2) is 27.6 Å². The molecule has 3 N–H and O–H groups in total. The number of thioether (sulfide) groups is 1. The zero-order valence-corrected chi connectivity index (χ0v) is 7.69. The smallest absolute Gasteiger partial charge is 0.190 e. The predicted octanol–water partition coefficient (Wildman–Crippen LogP) is -0.679. The van der Waals surface area contributed by atoms with Gasteiger partial charge in [0.2, 0.25) is 0 Å². The lowest BCUT2D eigenvalue weighted by Crippen LogP contribution is -2.51. The lowest BCUT2D eigenvalue weighted by molar-refractivity contribution is -0.366.